The first-order valence-corrected chi connectivity index (χ1v) is 10.9. The molecule has 13 heteroatoms. The molecule has 2 aromatic heterocycles. The van der Waals surface area contributed by atoms with E-state index in [4.69, 9.17) is 11.6 Å². The fraction of sp³-hybridized carbons (Fsp3) is 0.364. The minimum Gasteiger partial charge on any atom is -0.476 e. The number of carboxylic acid groups (broad SMARTS) is 1. The first-order valence-electron chi connectivity index (χ1n) is 10.6. The van der Waals surface area contributed by atoms with Crippen molar-refractivity contribution in [3.8, 4) is 0 Å². The van der Waals surface area contributed by atoms with Gasteiger partial charge in [0.05, 0.1) is 29.2 Å². The lowest BCUT2D eigenvalue weighted by molar-refractivity contribution is -0.114. The number of nitrogens with one attached hydrogen (secondary N) is 1. The molecule has 3 aromatic rings. The van der Waals surface area contributed by atoms with Crippen LogP contribution in [0.3, 0.4) is 0 Å². The third-order valence-electron chi connectivity index (χ3n) is 5.90. The highest BCUT2D eigenvalue weighted by Crippen LogP contribution is 2.32. The van der Waals surface area contributed by atoms with Crippen LogP contribution in [0.2, 0.25) is 5.15 Å². The SMILES string of the molecule is C[C@H](Nc1ccc(Cl)nc1C(=O)O)c1cc(F)cc2c(=O)n(C)c(N3CC[C@@H](O)C(F)(F)C3)nc12. The van der Waals surface area contributed by atoms with Crippen molar-refractivity contribution in [2.24, 2.45) is 7.05 Å². The van der Waals surface area contributed by atoms with E-state index in [0.29, 0.717) is 0 Å². The third kappa shape index (κ3) is 4.63. The maximum absolute atomic E-state index is 14.5. The van der Waals surface area contributed by atoms with Crippen LogP contribution in [0.5, 0.6) is 0 Å². The second-order valence-corrected chi connectivity index (χ2v) is 8.74. The fourth-order valence-electron chi connectivity index (χ4n) is 4.09. The Morgan fingerprint density at radius 1 is 1.31 bits per heavy atom. The lowest BCUT2D eigenvalue weighted by Crippen LogP contribution is -2.52. The summed E-state index contributed by atoms with van der Waals surface area (Å²) in [6.45, 7) is 0.784. The van der Waals surface area contributed by atoms with Gasteiger partial charge < -0.3 is 20.4 Å². The zero-order valence-electron chi connectivity index (χ0n) is 18.6. The van der Waals surface area contributed by atoms with Crippen LogP contribution in [0.1, 0.15) is 35.4 Å². The Kier molecular flexibility index (Phi) is 6.36. The lowest BCUT2D eigenvalue weighted by atomic mass is 10.0. The smallest absolute Gasteiger partial charge is 0.356 e. The zero-order valence-corrected chi connectivity index (χ0v) is 19.4. The number of aromatic nitrogens is 3. The van der Waals surface area contributed by atoms with Crippen molar-refractivity contribution in [1.82, 2.24) is 14.5 Å². The lowest BCUT2D eigenvalue weighted by Gasteiger charge is -2.37. The Morgan fingerprint density at radius 3 is 2.69 bits per heavy atom. The average molecular weight is 512 g/mol. The molecule has 0 unspecified atom stereocenters. The van der Waals surface area contributed by atoms with Crippen LogP contribution in [0.25, 0.3) is 10.9 Å². The molecule has 1 fully saturated rings. The molecule has 1 aliphatic heterocycles. The molecule has 4 rings (SSSR count). The molecule has 1 aliphatic rings. The topological polar surface area (TPSA) is 121 Å². The number of nitrogens with zero attached hydrogens (tertiary/aromatic N) is 4. The van der Waals surface area contributed by atoms with E-state index < -0.39 is 42.0 Å². The fourth-order valence-corrected chi connectivity index (χ4v) is 4.24. The molecule has 9 nitrogen and oxygen atoms in total. The molecule has 0 amide bonds. The van der Waals surface area contributed by atoms with Crippen molar-refractivity contribution in [3.05, 3.63) is 56.8 Å². The molecule has 3 N–H and O–H groups in total. The summed E-state index contributed by atoms with van der Waals surface area (Å²) in [5.41, 5.74) is -0.636. The summed E-state index contributed by atoms with van der Waals surface area (Å²) in [4.78, 5) is 34.0. The predicted octanol–water partition coefficient (Wildman–Crippen LogP) is 3.20. The molecule has 0 spiro atoms. The number of alkyl halides is 2. The first-order chi connectivity index (χ1) is 16.4. The van der Waals surface area contributed by atoms with Crippen molar-refractivity contribution in [1.29, 1.82) is 0 Å². The van der Waals surface area contributed by atoms with Crippen molar-refractivity contribution < 1.29 is 28.2 Å². The van der Waals surface area contributed by atoms with E-state index in [9.17, 15) is 33.0 Å². The molecule has 0 bridgehead atoms. The molecule has 35 heavy (non-hydrogen) atoms. The number of carbonyl (C=O) groups is 1. The number of fused-ring (bicyclic) bond motifs is 1. The van der Waals surface area contributed by atoms with Gasteiger partial charge in [-0.05, 0) is 37.6 Å². The van der Waals surface area contributed by atoms with Crippen LogP contribution in [0, 0.1) is 5.82 Å². The van der Waals surface area contributed by atoms with Gasteiger partial charge in [-0.1, -0.05) is 11.6 Å². The summed E-state index contributed by atoms with van der Waals surface area (Å²) < 4.78 is 43.9. The van der Waals surface area contributed by atoms with Crippen molar-refractivity contribution in [2.75, 3.05) is 23.3 Å². The third-order valence-corrected chi connectivity index (χ3v) is 6.11. The summed E-state index contributed by atoms with van der Waals surface area (Å²) in [5, 5.41) is 21.8. The average Bonchev–Trinajstić information content (AvgIpc) is 2.79. The standard InChI is InChI=1S/C22H21ClF3N5O4/c1-10(27-14-3-4-16(23)28-18(14)20(34)35)12-7-11(24)8-13-17(12)29-21(30(2)19(13)33)31-6-5-15(32)22(25,26)9-31/h3-4,7-8,10,15,27,32H,5-6,9H2,1-2H3,(H,34,35)/t10-,15+/m0/s1. The van der Waals surface area contributed by atoms with Gasteiger partial charge in [0.2, 0.25) is 5.95 Å². The molecule has 3 heterocycles. The molecular formula is C22H21ClF3N5O4. The summed E-state index contributed by atoms with van der Waals surface area (Å²) in [6.07, 6.45) is -2.03. The van der Waals surface area contributed by atoms with Crippen LogP contribution < -0.4 is 15.8 Å². The number of rotatable bonds is 5. The minimum atomic E-state index is -3.40. The highest BCUT2D eigenvalue weighted by molar-refractivity contribution is 6.29. The number of hydrogen-bond donors (Lipinski definition) is 3. The highest BCUT2D eigenvalue weighted by atomic mass is 35.5. The number of carboxylic acids is 1. The predicted molar refractivity (Wildman–Crippen MR) is 123 cm³/mol. The number of aromatic carboxylic acids is 1. The summed E-state index contributed by atoms with van der Waals surface area (Å²) >= 11 is 5.79. The van der Waals surface area contributed by atoms with E-state index in [1.165, 1.54) is 24.1 Å². The number of aliphatic hydroxyl groups excluding tert-OH is 1. The van der Waals surface area contributed by atoms with Crippen LogP contribution in [0.15, 0.2) is 29.1 Å². The van der Waals surface area contributed by atoms with Gasteiger partial charge in [-0.2, -0.15) is 0 Å². The van der Waals surface area contributed by atoms with Crippen molar-refractivity contribution in [3.63, 3.8) is 0 Å². The maximum atomic E-state index is 14.5. The largest absolute Gasteiger partial charge is 0.476 e. The summed E-state index contributed by atoms with van der Waals surface area (Å²) in [7, 11) is 1.35. The van der Waals surface area contributed by atoms with Gasteiger partial charge in [-0.25, -0.2) is 27.9 Å². The number of benzene rings is 1. The van der Waals surface area contributed by atoms with Gasteiger partial charge in [-0.15, -0.1) is 0 Å². The first kappa shape index (κ1) is 24.7. The highest BCUT2D eigenvalue weighted by Gasteiger charge is 2.44. The molecule has 186 valence electrons. The van der Waals surface area contributed by atoms with E-state index >= 15 is 0 Å². The second kappa shape index (κ2) is 9.00. The van der Waals surface area contributed by atoms with Gasteiger partial charge in [0, 0.05) is 19.2 Å². The maximum Gasteiger partial charge on any atom is 0.356 e. The van der Waals surface area contributed by atoms with Crippen LogP contribution >= 0.6 is 11.6 Å². The summed E-state index contributed by atoms with van der Waals surface area (Å²) in [6, 6.07) is 4.14. The Morgan fingerprint density at radius 2 is 2.03 bits per heavy atom. The van der Waals surface area contributed by atoms with Crippen LogP contribution in [0.4, 0.5) is 24.8 Å². The molecule has 1 saturated heterocycles. The van der Waals surface area contributed by atoms with E-state index in [1.807, 2.05) is 0 Å². The van der Waals surface area contributed by atoms with Gasteiger partial charge in [0.25, 0.3) is 11.5 Å². The van der Waals surface area contributed by atoms with Crippen LogP contribution in [-0.2, 0) is 7.05 Å². The van der Waals surface area contributed by atoms with E-state index in [-0.39, 0.29) is 51.9 Å². The van der Waals surface area contributed by atoms with E-state index in [0.717, 1.165) is 16.7 Å². The summed E-state index contributed by atoms with van der Waals surface area (Å²) in [5.74, 6) is -5.53. The van der Waals surface area contributed by atoms with E-state index in [1.54, 1.807) is 6.92 Å². The number of piperidine rings is 1. The monoisotopic (exact) mass is 511 g/mol. The van der Waals surface area contributed by atoms with Gasteiger partial charge in [0.1, 0.15) is 17.1 Å². The number of anilines is 2. The molecule has 0 aliphatic carbocycles. The molecule has 2 atom stereocenters. The Hall–Kier alpha value is -3.38. The zero-order chi connectivity index (χ0) is 25.7. The van der Waals surface area contributed by atoms with Gasteiger partial charge in [-0.3, -0.25) is 9.36 Å². The molecular weight excluding hydrogens is 491 g/mol. The number of halogens is 4. The van der Waals surface area contributed by atoms with E-state index in [2.05, 4.69) is 15.3 Å². The Labute approximate surface area is 201 Å². The number of pyridine rings is 1. The second-order valence-electron chi connectivity index (χ2n) is 8.36. The van der Waals surface area contributed by atoms with Gasteiger partial charge in [0.15, 0.2) is 5.69 Å². The minimum absolute atomic E-state index is 0.0323. The molecule has 0 saturated carbocycles. The molecule has 0 radical (unpaired) electrons. The number of hydrogen-bond acceptors (Lipinski definition) is 7. The van der Waals surface area contributed by atoms with Crippen LogP contribution in [-0.4, -0.2) is 55.8 Å². The number of aliphatic hydroxyl groups is 1. The Bertz CT molecular complexity index is 1380. The molecule has 1 aromatic carbocycles. The van der Waals surface area contributed by atoms with Gasteiger partial charge >= 0.3 is 5.97 Å². The van der Waals surface area contributed by atoms with Crippen molar-refractivity contribution in [2.45, 2.75) is 31.4 Å². The quantitative estimate of drug-likeness (QED) is 0.447. The normalized spacial score (nSPS) is 18.5. The Balaban J connectivity index is 1.82. The van der Waals surface area contributed by atoms with Crippen molar-refractivity contribution >= 4 is 40.1 Å².